The van der Waals surface area contributed by atoms with Gasteiger partial charge >= 0.3 is 6.09 Å². The van der Waals surface area contributed by atoms with Gasteiger partial charge in [-0.1, -0.05) is 6.92 Å². The summed E-state index contributed by atoms with van der Waals surface area (Å²) >= 11 is 0.892. The predicted molar refractivity (Wildman–Crippen MR) is 129 cm³/mol. The highest BCUT2D eigenvalue weighted by Crippen LogP contribution is 2.48. The summed E-state index contributed by atoms with van der Waals surface area (Å²) in [6.07, 6.45) is -1.43. The van der Waals surface area contributed by atoms with E-state index in [1.54, 1.807) is 0 Å². The quantitative estimate of drug-likeness (QED) is 0.343. The Kier molecular flexibility index (Phi) is 5.94. The largest absolute Gasteiger partial charge is 0.480 e. The van der Waals surface area contributed by atoms with Crippen molar-refractivity contribution in [3.8, 4) is 23.1 Å². The molecule has 190 valence electrons. The minimum absolute atomic E-state index is 0.00558. The van der Waals surface area contributed by atoms with Crippen molar-refractivity contribution in [2.75, 3.05) is 18.2 Å². The number of carboxylic acid groups (broad SMARTS) is 1. The number of methoxy groups -OCH3 is 1. The Bertz CT molecular complexity index is 1800. The monoisotopic (exact) mass is 546 g/mol. The second kappa shape index (κ2) is 8.87. The van der Waals surface area contributed by atoms with Crippen LogP contribution in [0.5, 0.6) is 5.88 Å². The Labute approximate surface area is 212 Å². The number of ether oxygens (including phenoxy) is 2. The van der Waals surface area contributed by atoms with Gasteiger partial charge in [-0.25, -0.2) is 27.0 Å². The Balaban J connectivity index is 1.96. The molecule has 10 nitrogen and oxygen atoms in total. The van der Waals surface area contributed by atoms with E-state index in [-0.39, 0.29) is 62.9 Å². The van der Waals surface area contributed by atoms with Crippen molar-refractivity contribution < 1.29 is 36.6 Å². The van der Waals surface area contributed by atoms with E-state index in [4.69, 9.17) is 14.6 Å². The third-order valence-electron chi connectivity index (χ3n) is 5.98. The van der Waals surface area contributed by atoms with Crippen LogP contribution in [0.3, 0.4) is 0 Å². The number of rotatable bonds is 5. The number of fused-ring (bicyclic) bond motifs is 4. The van der Waals surface area contributed by atoms with Crippen LogP contribution in [0.4, 0.5) is 18.6 Å². The molecule has 0 saturated carbocycles. The Morgan fingerprint density at radius 2 is 1.97 bits per heavy atom. The molecule has 0 atom stereocenters. The zero-order valence-corrected chi connectivity index (χ0v) is 20.8. The number of halogens is 2. The second-order valence-corrected chi connectivity index (χ2v) is 11.1. The zero-order chi connectivity index (χ0) is 26.6. The van der Waals surface area contributed by atoms with E-state index in [1.165, 1.54) is 20.1 Å². The van der Waals surface area contributed by atoms with E-state index in [2.05, 4.69) is 15.3 Å². The third kappa shape index (κ3) is 3.74. The molecule has 2 aromatic heterocycles. The average molecular weight is 547 g/mol. The number of nitriles is 1. The Hall–Kier alpha value is -3.93. The van der Waals surface area contributed by atoms with Crippen LogP contribution in [0.2, 0.25) is 0 Å². The van der Waals surface area contributed by atoms with Crippen LogP contribution in [0.25, 0.3) is 32.1 Å². The number of sulfone groups is 1. The fourth-order valence-electron chi connectivity index (χ4n) is 4.36. The molecule has 0 unspecified atom stereocenters. The van der Waals surface area contributed by atoms with Gasteiger partial charge in [-0.3, -0.25) is 5.32 Å². The summed E-state index contributed by atoms with van der Waals surface area (Å²) in [6.45, 7) is 1.24. The summed E-state index contributed by atoms with van der Waals surface area (Å²) in [7, 11) is -2.72. The van der Waals surface area contributed by atoms with Crippen molar-refractivity contribution in [3.05, 3.63) is 40.5 Å². The molecular weight excluding hydrogens is 530 g/mol. The van der Waals surface area contributed by atoms with Gasteiger partial charge in [0, 0.05) is 21.2 Å². The molecule has 2 aromatic carbocycles. The fraction of sp³-hybridized carbons (Fsp3) is 0.217. The van der Waals surface area contributed by atoms with Gasteiger partial charge in [0.05, 0.1) is 37.0 Å². The molecule has 0 saturated heterocycles. The first-order chi connectivity index (χ1) is 17.6. The summed E-state index contributed by atoms with van der Waals surface area (Å²) in [6, 6.07) is 4.32. The maximum atomic E-state index is 16.4. The minimum Gasteiger partial charge on any atom is -0.480 e. The molecule has 1 amide bonds. The molecule has 1 aliphatic heterocycles. The summed E-state index contributed by atoms with van der Waals surface area (Å²) in [5, 5.41) is 20.5. The number of anilines is 1. The fourth-order valence-corrected chi connectivity index (χ4v) is 6.12. The van der Waals surface area contributed by atoms with Crippen molar-refractivity contribution in [2.45, 2.75) is 25.3 Å². The maximum absolute atomic E-state index is 16.4. The number of amides is 1. The zero-order valence-electron chi connectivity index (χ0n) is 19.2. The van der Waals surface area contributed by atoms with Crippen molar-refractivity contribution >= 4 is 53.3 Å². The third-order valence-corrected chi connectivity index (χ3v) is 8.55. The van der Waals surface area contributed by atoms with Gasteiger partial charge in [0.15, 0.2) is 5.82 Å². The molecule has 4 aromatic rings. The SMILES string of the molecule is CCS(=O)(=O)c1nc(OC)c2c3c(c(-c4c(F)ccc5sc(NC(=O)O)c(C#N)c45)c(F)c2n1)COC3. The summed E-state index contributed by atoms with van der Waals surface area (Å²) in [4.78, 5) is 19.2. The molecule has 37 heavy (non-hydrogen) atoms. The predicted octanol–water partition coefficient (Wildman–Crippen LogP) is 4.58. The molecule has 0 radical (unpaired) electrons. The van der Waals surface area contributed by atoms with E-state index in [9.17, 15) is 18.5 Å². The first-order valence-corrected chi connectivity index (χ1v) is 13.1. The summed E-state index contributed by atoms with van der Waals surface area (Å²) in [5.41, 5.74) is -0.502. The molecule has 1 aliphatic rings. The average Bonchev–Trinajstić information content (AvgIpc) is 3.48. The van der Waals surface area contributed by atoms with E-state index in [1.807, 2.05) is 6.07 Å². The minimum atomic E-state index is -3.97. The van der Waals surface area contributed by atoms with Crippen LogP contribution in [0, 0.1) is 23.0 Å². The smallest absolute Gasteiger partial charge is 0.409 e. The second-order valence-electron chi connectivity index (χ2n) is 7.93. The van der Waals surface area contributed by atoms with Gasteiger partial charge in [-0.2, -0.15) is 10.2 Å². The molecule has 14 heteroatoms. The van der Waals surface area contributed by atoms with E-state index in [0.717, 1.165) is 17.4 Å². The van der Waals surface area contributed by atoms with E-state index >= 15 is 8.78 Å². The van der Waals surface area contributed by atoms with Crippen LogP contribution in [0.15, 0.2) is 17.3 Å². The van der Waals surface area contributed by atoms with Crippen LogP contribution in [-0.4, -0.2) is 42.4 Å². The van der Waals surface area contributed by atoms with Gasteiger partial charge in [-0.15, -0.1) is 11.3 Å². The summed E-state index contributed by atoms with van der Waals surface area (Å²) in [5.74, 6) is -2.46. The number of benzene rings is 2. The van der Waals surface area contributed by atoms with Crippen molar-refractivity contribution in [2.24, 2.45) is 0 Å². The van der Waals surface area contributed by atoms with Crippen LogP contribution in [0.1, 0.15) is 23.6 Å². The number of hydrogen-bond donors (Lipinski definition) is 2. The van der Waals surface area contributed by atoms with Crippen molar-refractivity contribution in [3.63, 3.8) is 0 Å². The molecule has 2 N–H and O–H groups in total. The van der Waals surface area contributed by atoms with Gasteiger partial charge in [0.25, 0.3) is 5.16 Å². The lowest BCUT2D eigenvalue weighted by molar-refractivity contribution is 0.135. The number of nitrogens with one attached hydrogen (secondary N) is 1. The lowest BCUT2D eigenvalue weighted by Crippen LogP contribution is -2.12. The van der Waals surface area contributed by atoms with Gasteiger partial charge < -0.3 is 14.6 Å². The lowest BCUT2D eigenvalue weighted by atomic mass is 9.90. The molecule has 0 spiro atoms. The molecule has 0 aliphatic carbocycles. The number of aromatic nitrogens is 2. The maximum Gasteiger partial charge on any atom is 0.409 e. The highest BCUT2D eigenvalue weighted by Gasteiger charge is 2.33. The highest BCUT2D eigenvalue weighted by atomic mass is 32.2. The van der Waals surface area contributed by atoms with Crippen LogP contribution in [-0.2, 0) is 27.8 Å². The number of thiophene rings is 1. The first kappa shape index (κ1) is 24.8. The van der Waals surface area contributed by atoms with E-state index in [0.29, 0.717) is 10.3 Å². The standard InChI is InChI=1S/C23H16F2N4O6S2/c1-3-37(32,33)22-27-19-16(20(28-22)34-2)11-8-35-7-10(11)15(18(19)25)17-12(24)4-5-13-14(17)9(6-26)21(36-13)29-23(30)31/h4-5,29H,3,7-8H2,1-2H3,(H,30,31). The van der Waals surface area contributed by atoms with E-state index < -0.39 is 38.2 Å². The normalized spacial score (nSPS) is 13.1. The van der Waals surface area contributed by atoms with Crippen LogP contribution < -0.4 is 10.1 Å². The lowest BCUT2D eigenvalue weighted by Gasteiger charge is -2.16. The number of carbonyl (C=O) groups is 1. The number of hydrogen-bond acceptors (Lipinski definition) is 9. The topological polar surface area (TPSA) is 152 Å². The Morgan fingerprint density at radius 3 is 2.62 bits per heavy atom. The molecular formula is C23H16F2N4O6S2. The van der Waals surface area contributed by atoms with Gasteiger partial charge in [0.2, 0.25) is 15.7 Å². The first-order valence-electron chi connectivity index (χ1n) is 10.7. The van der Waals surface area contributed by atoms with Crippen molar-refractivity contribution in [1.82, 2.24) is 9.97 Å². The van der Waals surface area contributed by atoms with Crippen LogP contribution >= 0.6 is 11.3 Å². The van der Waals surface area contributed by atoms with Gasteiger partial charge in [-0.05, 0) is 23.3 Å². The Morgan fingerprint density at radius 1 is 1.24 bits per heavy atom. The van der Waals surface area contributed by atoms with Gasteiger partial charge in [0.1, 0.15) is 22.4 Å². The van der Waals surface area contributed by atoms with Crippen molar-refractivity contribution in [1.29, 1.82) is 5.26 Å². The number of nitrogens with zero attached hydrogens (tertiary/aromatic N) is 3. The molecule has 0 bridgehead atoms. The molecule has 5 rings (SSSR count). The highest BCUT2D eigenvalue weighted by molar-refractivity contribution is 7.91. The molecule has 0 fully saturated rings. The molecule has 3 heterocycles. The summed E-state index contributed by atoms with van der Waals surface area (Å²) < 4.78 is 68.2.